The second kappa shape index (κ2) is 6.58. The zero-order valence-corrected chi connectivity index (χ0v) is 13.5. The Labute approximate surface area is 132 Å². The Hall–Kier alpha value is -1.40. The first-order valence-electron chi connectivity index (χ1n) is 6.81. The molecule has 110 valence electrons. The lowest BCUT2D eigenvalue weighted by atomic mass is 10.2. The summed E-state index contributed by atoms with van der Waals surface area (Å²) < 4.78 is 2.08. The van der Waals surface area contributed by atoms with Crippen LogP contribution in [0.25, 0.3) is 0 Å². The van der Waals surface area contributed by atoms with Gasteiger partial charge in [0.05, 0.1) is 5.75 Å². The predicted octanol–water partition coefficient (Wildman–Crippen LogP) is 2.78. The van der Waals surface area contributed by atoms with Gasteiger partial charge in [-0.05, 0) is 24.0 Å². The van der Waals surface area contributed by atoms with Crippen LogP contribution < -0.4 is 5.32 Å². The number of benzene rings is 1. The second-order valence-corrected chi connectivity index (χ2v) is 6.80. The molecule has 0 spiro atoms. The maximum Gasteiger partial charge on any atom is 0.271 e. The molecule has 0 fully saturated rings. The summed E-state index contributed by atoms with van der Waals surface area (Å²) in [5.41, 5.74) is 1.62. The molecule has 2 heterocycles. The number of hydrogen-bond donors (Lipinski definition) is 1. The first-order chi connectivity index (χ1) is 10.3. The summed E-state index contributed by atoms with van der Waals surface area (Å²) in [5.74, 6) is 2.88. The Morgan fingerprint density at radius 3 is 2.95 bits per heavy atom. The third-order valence-corrected chi connectivity index (χ3v) is 5.09. The maximum atomic E-state index is 12.2. The third-order valence-electron chi connectivity index (χ3n) is 3.41. The molecule has 6 heteroatoms. The monoisotopic (exact) mass is 319 g/mol. The Morgan fingerprint density at radius 1 is 1.43 bits per heavy atom. The number of hydrogen-bond acceptors (Lipinski definition) is 4. The average molecular weight is 319 g/mol. The fourth-order valence-corrected chi connectivity index (χ4v) is 3.51. The smallest absolute Gasteiger partial charge is 0.271 e. The zero-order chi connectivity index (χ0) is 14.7. The highest BCUT2D eigenvalue weighted by molar-refractivity contribution is 7.98. The molecule has 1 N–H and O–H groups in total. The van der Waals surface area contributed by atoms with E-state index in [1.165, 1.54) is 4.90 Å². The van der Waals surface area contributed by atoms with Crippen molar-refractivity contribution < 1.29 is 4.79 Å². The molecule has 0 atom stereocenters. The van der Waals surface area contributed by atoms with Gasteiger partial charge in [-0.15, -0.1) is 11.8 Å². The molecule has 1 amide bonds. The van der Waals surface area contributed by atoms with Crippen LogP contribution in [0.1, 0.15) is 21.9 Å². The fraction of sp³-hybridized carbons (Fsp3) is 0.333. The topological polar surface area (TPSA) is 46.9 Å². The van der Waals surface area contributed by atoms with Crippen LogP contribution >= 0.6 is 23.5 Å². The number of amides is 1. The molecule has 0 saturated carbocycles. The number of nitrogens with zero attached hydrogens (tertiary/aromatic N) is 2. The fourth-order valence-electron chi connectivity index (χ4n) is 2.22. The van der Waals surface area contributed by atoms with E-state index in [2.05, 4.69) is 33.3 Å². The molecule has 0 aliphatic carbocycles. The third kappa shape index (κ3) is 3.44. The van der Waals surface area contributed by atoms with E-state index >= 15 is 0 Å². The molecular formula is C15H17N3OS2. The van der Waals surface area contributed by atoms with E-state index in [1.807, 2.05) is 30.1 Å². The molecule has 0 radical (unpaired) electrons. The van der Waals surface area contributed by atoms with Crippen molar-refractivity contribution in [2.45, 2.75) is 23.7 Å². The van der Waals surface area contributed by atoms with Gasteiger partial charge in [-0.1, -0.05) is 12.1 Å². The predicted molar refractivity (Wildman–Crippen MR) is 87.8 cm³/mol. The summed E-state index contributed by atoms with van der Waals surface area (Å²) >= 11 is 3.57. The highest BCUT2D eigenvalue weighted by Crippen LogP contribution is 2.19. The van der Waals surface area contributed by atoms with Crippen LogP contribution in [0.4, 0.5) is 0 Å². The minimum atomic E-state index is -0.101. The molecule has 2 aromatic rings. The van der Waals surface area contributed by atoms with Crippen LogP contribution in [0.5, 0.6) is 0 Å². The Kier molecular flexibility index (Phi) is 4.55. The average Bonchev–Trinajstić information content (AvgIpc) is 2.97. The number of aryl methyl sites for hydroxylation is 1. The Balaban J connectivity index is 1.61. The van der Waals surface area contributed by atoms with E-state index < -0.39 is 0 Å². The van der Waals surface area contributed by atoms with E-state index in [1.54, 1.807) is 11.8 Å². The normalized spacial score (nSPS) is 13.8. The molecule has 3 rings (SSSR count). The number of imidazole rings is 1. The maximum absolute atomic E-state index is 12.2. The number of carbonyl (C=O) groups is 1. The van der Waals surface area contributed by atoms with Crippen molar-refractivity contribution in [3.05, 3.63) is 47.5 Å². The molecule has 1 aliphatic heterocycles. The standard InChI is InChI=1S/C15H17N3OS2/c1-20-12-4-2-11(3-5-12)8-16-15(19)13-9-18-6-7-21-10-14(18)17-13/h2-5,9H,6-8,10H2,1H3,(H,16,19). The van der Waals surface area contributed by atoms with Crippen LogP contribution in [0, 0.1) is 0 Å². The number of rotatable bonds is 4. The van der Waals surface area contributed by atoms with E-state index in [9.17, 15) is 4.79 Å². The van der Waals surface area contributed by atoms with E-state index in [4.69, 9.17) is 0 Å². The second-order valence-electron chi connectivity index (χ2n) is 4.82. The summed E-state index contributed by atoms with van der Waals surface area (Å²) in [7, 11) is 0. The number of carbonyl (C=O) groups excluding carboxylic acids is 1. The van der Waals surface area contributed by atoms with Gasteiger partial charge in [-0.25, -0.2) is 4.98 Å². The van der Waals surface area contributed by atoms with Crippen molar-refractivity contribution in [2.75, 3.05) is 12.0 Å². The SMILES string of the molecule is CSc1ccc(CNC(=O)c2cn3c(n2)CSCC3)cc1. The highest BCUT2D eigenvalue weighted by atomic mass is 32.2. The van der Waals surface area contributed by atoms with Gasteiger partial charge in [0.1, 0.15) is 11.5 Å². The molecular weight excluding hydrogens is 302 g/mol. The van der Waals surface area contributed by atoms with Crippen LogP contribution in [0.15, 0.2) is 35.4 Å². The number of aromatic nitrogens is 2. The molecule has 0 bridgehead atoms. The van der Waals surface area contributed by atoms with Crippen LogP contribution in [0.3, 0.4) is 0 Å². The molecule has 1 aromatic heterocycles. The van der Waals surface area contributed by atoms with E-state index in [-0.39, 0.29) is 5.91 Å². The number of thioether (sulfide) groups is 2. The minimum Gasteiger partial charge on any atom is -0.347 e. The first kappa shape index (κ1) is 14.5. The Morgan fingerprint density at radius 2 is 2.24 bits per heavy atom. The molecule has 4 nitrogen and oxygen atoms in total. The lowest BCUT2D eigenvalue weighted by Crippen LogP contribution is -2.23. The highest BCUT2D eigenvalue weighted by Gasteiger charge is 2.16. The summed E-state index contributed by atoms with van der Waals surface area (Å²) in [5, 5.41) is 2.93. The molecule has 0 unspecified atom stereocenters. The minimum absolute atomic E-state index is 0.101. The van der Waals surface area contributed by atoms with Gasteiger partial charge in [-0.2, -0.15) is 11.8 Å². The molecule has 1 aliphatic rings. The quantitative estimate of drug-likeness (QED) is 0.880. The number of nitrogens with one attached hydrogen (secondary N) is 1. The van der Waals surface area contributed by atoms with Crippen LogP contribution in [-0.2, 0) is 18.8 Å². The van der Waals surface area contributed by atoms with Crippen molar-refractivity contribution in [3.63, 3.8) is 0 Å². The zero-order valence-electron chi connectivity index (χ0n) is 11.8. The molecule has 0 saturated heterocycles. The van der Waals surface area contributed by atoms with Gasteiger partial charge in [0, 0.05) is 29.9 Å². The van der Waals surface area contributed by atoms with E-state index in [0.29, 0.717) is 12.2 Å². The largest absolute Gasteiger partial charge is 0.347 e. The van der Waals surface area contributed by atoms with Gasteiger partial charge in [0.2, 0.25) is 0 Å². The van der Waals surface area contributed by atoms with Crippen molar-refractivity contribution in [3.8, 4) is 0 Å². The summed E-state index contributed by atoms with van der Waals surface area (Å²) in [6.45, 7) is 1.47. The first-order valence-corrected chi connectivity index (χ1v) is 9.19. The number of fused-ring (bicyclic) bond motifs is 1. The summed E-state index contributed by atoms with van der Waals surface area (Å²) in [6.07, 6.45) is 3.91. The van der Waals surface area contributed by atoms with E-state index in [0.717, 1.165) is 29.4 Å². The lowest BCUT2D eigenvalue weighted by Gasteiger charge is -2.11. The van der Waals surface area contributed by atoms with Crippen molar-refractivity contribution in [1.82, 2.24) is 14.9 Å². The van der Waals surface area contributed by atoms with Crippen LogP contribution in [0.2, 0.25) is 0 Å². The van der Waals surface area contributed by atoms with Gasteiger partial charge < -0.3 is 9.88 Å². The van der Waals surface area contributed by atoms with Gasteiger partial charge in [0.25, 0.3) is 5.91 Å². The van der Waals surface area contributed by atoms with Crippen molar-refractivity contribution >= 4 is 29.4 Å². The summed E-state index contributed by atoms with van der Waals surface area (Å²) in [6, 6.07) is 8.22. The van der Waals surface area contributed by atoms with Crippen LogP contribution in [-0.4, -0.2) is 27.5 Å². The van der Waals surface area contributed by atoms with Gasteiger partial charge >= 0.3 is 0 Å². The Bertz CT molecular complexity index is 613. The van der Waals surface area contributed by atoms with Crippen molar-refractivity contribution in [2.24, 2.45) is 0 Å². The van der Waals surface area contributed by atoms with Gasteiger partial charge in [-0.3, -0.25) is 4.79 Å². The molecule has 21 heavy (non-hydrogen) atoms. The lowest BCUT2D eigenvalue weighted by molar-refractivity contribution is 0.0946. The van der Waals surface area contributed by atoms with Gasteiger partial charge in [0.15, 0.2) is 0 Å². The summed E-state index contributed by atoms with van der Waals surface area (Å²) in [4.78, 5) is 17.8. The van der Waals surface area contributed by atoms with Crippen molar-refractivity contribution in [1.29, 1.82) is 0 Å². The molecule has 1 aromatic carbocycles.